The molecule has 0 bridgehead atoms. The van der Waals surface area contributed by atoms with Gasteiger partial charge in [0, 0.05) is 11.6 Å². The Hall–Kier alpha value is -1.69. The Balaban J connectivity index is 3.04. The van der Waals surface area contributed by atoms with Crippen LogP contribution in [0.1, 0.15) is 31.1 Å². The third-order valence-electron chi connectivity index (χ3n) is 2.79. The minimum absolute atomic E-state index is 0.114. The van der Waals surface area contributed by atoms with Gasteiger partial charge in [0.05, 0.1) is 21.9 Å². The number of nitro benzene ring substituents is 1. The molecular weight excluding hydrogens is 275 g/mol. The van der Waals surface area contributed by atoms with Crippen LogP contribution in [0.15, 0.2) is 18.2 Å². The molecule has 0 fully saturated rings. The summed E-state index contributed by atoms with van der Waals surface area (Å²) in [4.78, 5) is 21.8. The molecule has 0 aliphatic carbocycles. The monoisotopic (exact) mass is 288 g/mol. The molecule has 1 amide bonds. The van der Waals surface area contributed by atoms with Crippen LogP contribution in [-0.2, 0) is 0 Å². The van der Waals surface area contributed by atoms with Gasteiger partial charge in [-0.15, -0.1) is 11.6 Å². The highest BCUT2D eigenvalue weighted by molar-refractivity contribution is 6.21. The minimum atomic E-state index is -0.837. The number of hydrogen-bond donors (Lipinski definition) is 1. The highest BCUT2D eigenvalue weighted by atomic mass is 35.5. The Labute approximate surface area is 114 Å². The Bertz CT molecular complexity index is 518. The van der Waals surface area contributed by atoms with Crippen molar-refractivity contribution in [3.05, 3.63) is 39.7 Å². The van der Waals surface area contributed by atoms with Crippen molar-refractivity contribution >= 4 is 23.2 Å². The first-order chi connectivity index (χ1) is 8.63. The smallest absolute Gasteiger partial charge is 0.273 e. The normalized spacial score (nSPS) is 12.9. The van der Waals surface area contributed by atoms with Crippen molar-refractivity contribution in [2.75, 3.05) is 0 Å². The number of rotatable bonds is 4. The van der Waals surface area contributed by atoms with Crippen molar-refractivity contribution in [3.8, 4) is 0 Å². The molecule has 0 saturated heterocycles. The predicted molar refractivity (Wildman–Crippen MR) is 69.9 cm³/mol. The van der Waals surface area contributed by atoms with Crippen LogP contribution in [0.2, 0.25) is 0 Å². The maximum atomic E-state index is 13.2. The number of carbonyl (C=O) groups is 1. The minimum Gasteiger partial charge on any atom is -0.346 e. The second kappa shape index (κ2) is 5.52. The molecule has 0 heterocycles. The lowest BCUT2D eigenvalue weighted by Crippen LogP contribution is -2.49. The van der Waals surface area contributed by atoms with E-state index in [1.807, 2.05) is 0 Å². The molecule has 19 heavy (non-hydrogen) atoms. The first-order valence-electron chi connectivity index (χ1n) is 5.55. The summed E-state index contributed by atoms with van der Waals surface area (Å²) < 4.78 is 13.2. The maximum absolute atomic E-state index is 13.2. The molecule has 0 aliphatic rings. The number of carbonyl (C=O) groups excluding carboxylic acids is 1. The van der Waals surface area contributed by atoms with E-state index in [0.717, 1.165) is 18.2 Å². The summed E-state index contributed by atoms with van der Waals surface area (Å²) in [7, 11) is 0. The van der Waals surface area contributed by atoms with Crippen molar-refractivity contribution in [3.63, 3.8) is 0 Å². The molecule has 5 nitrogen and oxygen atoms in total. The molecule has 0 aromatic heterocycles. The van der Waals surface area contributed by atoms with Crippen LogP contribution in [0.3, 0.4) is 0 Å². The number of nitro groups is 1. The van der Waals surface area contributed by atoms with Gasteiger partial charge in [-0.3, -0.25) is 14.9 Å². The third kappa shape index (κ3) is 3.89. The van der Waals surface area contributed by atoms with E-state index in [-0.39, 0.29) is 10.9 Å². The SMILES string of the molecule is CC(Cl)C(C)(C)NC(=O)c1cc(F)cc([N+](=O)[O-])c1. The number of halogens is 2. The van der Waals surface area contributed by atoms with Gasteiger partial charge in [-0.1, -0.05) is 0 Å². The molecule has 1 aromatic carbocycles. The largest absolute Gasteiger partial charge is 0.346 e. The van der Waals surface area contributed by atoms with Crippen molar-refractivity contribution < 1.29 is 14.1 Å². The second-order valence-electron chi connectivity index (χ2n) is 4.75. The summed E-state index contributed by atoms with van der Waals surface area (Å²) in [5, 5.41) is 12.9. The lowest BCUT2D eigenvalue weighted by Gasteiger charge is -2.28. The molecule has 7 heteroatoms. The quantitative estimate of drug-likeness (QED) is 0.526. The van der Waals surface area contributed by atoms with Crippen molar-refractivity contribution in [2.45, 2.75) is 31.7 Å². The fourth-order valence-corrected chi connectivity index (χ4v) is 1.33. The van der Waals surface area contributed by atoms with E-state index in [4.69, 9.17) is 11.6 Å². The summed E-state index contributed by atoms with van der Waals surface area (Å²) in [5.74, 6) is -1.45. The number of amides is 1. The van der Waals surface area contributed by atoms with Gasteiger partial charge >= 0.3 is 0 Å². The average Bonchev–Trinajstić information content (AvgIpc) is 2.27. The predicted octanol–water partition coefficient (Wildman–Crippen LogP) is 2.87. The average molecular weight is 289 g/mol. The van der Waals surface area contributed by atoms with E-state index in [2.05, 4.69) is 5.32 Å². The maximum Gasteiger partial charge on any atom is 0.273 e. The van der Waals surface area contributed by atoms with Crippen LogP contribution in [0.4, 0.5) is 10.1 Å². The van der Waals surface area contributed by atoms with Gasteiger partial charge in [-0.2, -0.15) is 0 Å². The molecule has 1 N–H and O–H groups in total. The van der Waals surface area contributed by atoms with Crippen molar-refractivity contribution in [1.82, 2.24) is 5.32 Å². The summed E-state index contributed by atoms with van der Waals surface area (Å²) in [5.41, 5.74) is -1.31. The second-order valence-corrected chi connectivity index (χ2v) is 5.40. The van der Waals surface area contributed by atoms with E-state index in [9.17, 15) is 19.3 Å². The zero-order valence-electron chi connectivity index (χ0n) is 10.7. The molecule has 0 radical (unpaired) electrons. The Kier molecular flexibility index (Phi) is 4.47. The number of nitrogens with zero attached hydrogens (tertiary/aromatic N) is 1. The molecule has 1 unspecified atom stereocenters. The lowest BCUT2D eigenvalue weighted by atomic mass is 10.0. The highest BCUT2D eigenvalue weighted by Crippen LogP contribution is 2.19. The number of benzene rings is 1. The Morgan fingerprint density at radius 3 is 2.53 bits per heavy atom. The van der Waals surface area contributed by atoms with Crippen LogP contribution in [-0.4, -0.2) is 21.7 Å². The van der Waals surface area contributed by atoms with Crippen LogP contribution in [0.5, 0.6) is 0 Å². The molecular formula is C12H14ClFN2O3. The number of hydrogen-bond acceptors (Lipinski definition) is 3. The van der Waals surface area contributed by atoms with Crippen LogP contribution >= 0.6 is 11.6 Å². The Morgan fingerprint density at radius 2 is 2.05 bits per heavy atom. The lowest BCUT2D eigenvalue weighted by molar-refractivity contribution is -0.385. The summed E-state index contributed by atoms with van der Waals surface area (Å²) in [6, 6.07) is 2.72. The molecule has 1 aromatic rings. The fourth-order valence-electron chi connectivity index (χ4n) is 1.27. The number of alkyl halides is 1. The van der Waals surface area contributed by atoms with Gasteiger partial charge in [0.2, 0.25) is 0 Å². The number of nitrogens with one attached hydrogen (secondary N) is 1. The van der Waals surface area contributed by atoms with E-state index in [1.54, 1.807) is 20.8 Å². The molecule has 0 spiro atoms. The first-order valence-corrected chi connectivity index (χ1v) is 5.98. The van der Waals surface area contributed by atoms with E-state index in [1.165, 1.54) is 0 Å². The van der Waals surface area contributed by atoms with E-state index < -0.39 is 27.9 Å². The van der Waals surface area contributed by atoms with Gasteiger partial charge in [0.1, 0.15) is 5.82 Å². The zero-order chi connectivity index (χ0) is 14.8. The van der Waals surface area contributed by atoms with Crippen LogP contribution in [0, 0.1) is 15.9 Å². The van der Waals surface area contributed by atoms with E-state index in [0.29, 0.717) is 0 Å². The van der Waals surface area contributed by atoms with Crippen LogP contribution < -0.4 is 5.32 Å². The fraction of sp³-hybridized carbons (Fsp3) is 0.417. The van der Waals surface area contributed by atoms with Crippen molar-refractivity contribution in [2.24, 2.45) is 0 Å². The summed E-state index contributed by atoms with van der Waals surface area (Å²) in [6.07, 6.45) is 0. The summed E-state index contributed by atoms with van der Waals surface area (Å²) in [6.45, 7) is 5.11. The van der Waals surface area contributed by atoms with E-state index >= 15 is 0 Å². The molecule has 0 aliphatic heterocycles. The molecule has 0 saturated carbocycles. The van der Waals surface area contributed by atoms with Crippen molar-refractivity contribution in [1.29, 1.82) is 0 Å². The van der Waals surface area contributed by atoms with Gasteiger partial charge in [-0.25, -0.2) is 4.39 Å². The number of non-ortho nitro benzene ring substituents is 1. The summed E-state index contributed by atoms with van der Waals surface area (Å²) >= 11 is 5.92. The van der Waals surface area contributed by atoms with Crippen LogP contribution in [0.25, 0.3) is 0 Å². The third-order valence-corrected chi connectivity index (χ3v) is 3.33. The van der Waals surface area contributed by atoms with Gasteiger partial charge < -0.3 is 5.32 Å². The highest BCUT2D eigenvalue weighted by Gasteiger charge is 2.27. The van der Waals surface area contributed by atoms with Gasteiger partial charge in [-0.05, 0) is 26.8 Å². The molecule has 104 valence electrons. The van der Waals surface area contributed by atoms with Gasteiger partial charge in [0.25, 0.3) is 11.6 Å². The molecule has 1 atom stereocenters. The topological polar surface area (TPSA) is 72.2 Å². The Morgan fingerprint density at radius 1 is 1.47 bits per heavy atom. The first kappa shape index (κ1) is 15.4. The standard InChI is InChI=1S/C12H14ClFN2O3/c1-7(13)12(2,3)15-11(17)8-4-9(14)6-10(5-8)16(18)19/h4-7H,1-3H3,(H,15,17). The molecule has 1 rings (SSSR count). The zero-order valence-corrected chi connectivity index (χ0v) is 11.5. The van der Waals surface area contributed by atoms with Gasteiger partial charge in [0.15, 0.2) is 0 Å².